The molecule has 0 amide bonds. The third-order valence-electron chi connectivity index (χ3n) is 4.47. The molecule has 1 fully saturated rings. The van der Waals surface area contributed by atoms with Gasteiger partial charge >= 0.3 is 0 Å². The van der Waals surface area contributed by atoms with Crippen molar-refractivity contribution in [1.29, 1.82) is 0 Å². The molecule has 2 N–H and O–H groups in total. The predicted molar refractivity (Wildman–Crippen MR) is 86.8 cm³/mol. The summed E-state index contributed by atoms with van der Waals surface area (Å²) in [6.07, 6.45) is 3.14. The Kier molecular flexibility index (Phi) is 4.00. The summed E-state index contributed by atoms with van der Waals surface area (Å²) in [6.45, 7) is 9.25. The Bertz CT molecular complexity index is 482. The monoisotopic (exact) mass is 291 g/mol. The van der Waals surface area contributed by atoms with Crippen LogP contribution in [0.25, 0.3) is 0 Å². The van der Waals surface area contributed by atoms with Gasteiger partial charge in [-0.3, -0.25) is 0 Å². The number of benzene rings is 1. The Morgan fingerprint density at radius 1 is 0.810 bits per heavy atom. The summed E-state index contributed by atoms with van der Waals surface area (Å²) in [6, 6.07) is 6.01. The first-order valence-electron chi connectivity index (χ1n) is 7.62. The zero-order valence-electron chi connectivity index (χ0n) is 14.2. The maximum absolute atomic E-state index is 6.87. The highest BCUT2D eigenvalue weighted by atomic mass is 16.5. The van der Waals surface area contributed by atoms with E-state index in [0.29, 0.717) is 0 Å². The molecule has 0 atom stereocenters. The molecule has 0 radical (unpaired) electrons. The molecule has 2 rings (SSSR count). The molecule has 0 unspecified atom stereocenters. The van der Waals surface area contributed by atoms with Crippen LogP contribution in [0.3, 0.4) is 0 Å². The second-order valence-electron chi connectivity index (χ2n) is 8.12. The van der Waals surface area contributed by atoms with Gasteiger partial charge in [-0.2, -0.15) is 0 Å². The van der Waals surface area contributed by atoms with Crippen molar-refractivity contribution in [2.45, 2.75) is 52.5 Å². The average molecular weight is 291 g/mol. The van der Waals surface area contributed by atoms with Crippen LogP contribution >= 0.6 is 0 Å². The lowest BCUT2D eigenvalue weighted by molar-refractivity contribution is 0.0468. The summed E-state index contributed by atoms with van der Waals surface area (Å²) in [7, 11) is 3.35. The highest BCUT2D eigenvalue weighted by Crippen LogP contribution is 2.53. The molecule has 0 saturated heterocycles. The molecule has 0 aromatic heterocycles. The van der Waals surface area contributed by atoms with Crippen LogP contribution in [-0.2, 0) is 5.54 Å². The maximum atomic E-state index is 6.87. The minimum Gasteiger partial charge on any atom is -0.497 e. The van der Waals surface area contributed by atoms with Crippen LogP contribution in [0.1, 0.15) is 52.5 Å². The van der Waals surface area contributed by atoms with E-state index in [9.17, 15) is 0 Å². The minimum atomic E-state index is -0.340. The molecule has 3 nitrogen and oxygen atoms in total. The van der Waals surface area contributed by atoms with E-state index >= 15 is 0 Å². The molecule has 0 heterocycles. The Hall–Kier alpha value is -1.22. The van der Waals surface area contributed by atoms with Crippen LogP contribution in [0.4, 0.5) is 0 Å². The largest absolute Gasteiger partial charge is 0.497 e. The molecule has 0 bridgehead atoms. The lowest BCUT2D eigenvalue weighted by Crippen LogP contribution is -2.49. The number of methoxy groups -OCH3 is 2. The summed E-state index contributed by atoms with van der Waals surface area (Å²) in [5.74, 6) is 1.60. The summed E-state index contributed by atoms with van der Waals surface area (Å²) >= 11 is 0. The first kappa shape index (κ1) is 16.2. The third-order valence-corrected chi connectivity index (χ3v) is 4.47. The molecule has 1 aliphatic rings. The zero-order valence-corrected chi connectivity index (χ0v) is 14.2. The molecular weight excluding hydrogens is 262 g/mol. The maximum Gasteiger partial charge on any atom is 0.122 e. The normalized spacial score (nSPS) is 22.6. The summed E-state index contributed by atoms with van der Waals surface area (Å²) in [4.78, 5) is 0. The molecule has 1 saturated carbocycles. The molecular formula is C18H29NO2. The topological polar surface area (TPSA) is 44.5 Å². The van der Waals surface area contributed by atoms with E-state index in [0.717, 1.165) is 29.9 Å². The van der Waals surface area contributed by atoms with Crippen LogP contribution in [0.5, 0.6) is 11.5 Å². The van der Waals surface area contributed by atoms with Gasteiger partial charge in [0.05, 0.1) is 14.2 Å². The third kappa shape index (κ3) is 3.52. The second-order valence-corrected chi connectivity index (χ2v) is 8.12. The van der Waals surface area contributed by atoms with E-state index in [1.807, 2.05) is 6.07 Å². The Labute approximate surface area is 128 Å². The Morgan fingerprint density at radius 2 is 1.24 bits per heavy atom. The van der Waals surface area contributed by atoms with Crippen molar-refractivity contribution < 1.29 is 9.47 Å². The molecule has 1 aromatic rings. The first-order chi connectivity index (χ1) is 9.59. The van der Waals surface area contributed by atoms with E-state index in [4.69, 9.17) is 15.2 Å². The number of ether oxygens (including phenoxy) is 2. The van der Waals surface area contributed by atoms with Crippen molar-refractivity contribution in [3.63, 3.8) is 0 Å². The standard InChI is InChI=1S/C18H29NO2/c1-16(2)10-17(3,4)12-18(19,11-16)13-7-14(20-5)9-15(8-13)21-6/h7-9H,10-12,19H2,1-6H3. The van der Waals surface area contributed by atoms with Crippen LogP contribution < -0.4 is 15.2 Å². The van der Waals surface area contributed by atoms with Gasteiger partial charge in [-0.15, -0.1) is 0 Å². The Morgan fingerprint density at radius 3 is 1.62 bits per heavy atom. The van der Waals surface area contributed by atoms with Crippen molar-refractivity contribution >= 4 is 0 Å². The highest BCUT2D eigenvalue weighted by molar-refractivity contribution is 5.42. The van der Waals surface area contributed by atoms with E-state index in [2.05, 4.69) is 39.8 Å². The van der Waals surface area contributed by atoms with Crippen molar-refractivity contribution in [2.75, 3.05) is 14.2 Å². The van der Waals surface area contributed by atoms with Crippen molar-refractivity contribution in [2.24, 2.45) is 16.6 Å². The second kappa shape index (κ2) is 5.20. The zero-order chi connectivity index (χ0) is 15.9. The quantitative estimate of drug-likeness (QED) is 0.912. The van der Waals surface area contributed by atoms with Gasteiger partial charge in [-0.25, -0.2) is 0 Å². The molecule has 1 aromatic carbocycles. The summed E-state index contributed by atoms with van der Waals surface area (Å²) in [5.41, 5.74) is 8.10. The van der Waals surface area contributed by atoms with Gasteiger partial charge in [0, 0.05) is 11.6 Å². The fourth-order valence-electron chi connectivity index (χ4n) is 4.49. The van der Waals surface area contributed by atoms with Crippen LogP contribution in [0, 0.1) is 10.8 Å². The van der Waals surface area contributed by atoms with Crippen LogP contribution in [-0.4, -0.2) is 14.2 Å². The SMILES string of the molecule is COc1cc(OC)cc(C2(N)CC(C)(C)CC(C)(C)C2)c1. The molecule has 3 heteroatoms. The number of nitrogens with two attached hydrogens (primary N) is 1. The molecule has 0 aliphatic heterocycles. The lowest BCUT2D eigenvalue weighted by Gasteiger charge is -2.50. The van der Waals surface area contributed by atoms with Crippen LogP contribution in [0.2, 0.25) is 0 Å². The fraction of sp³-hybridized carbons (Fsp3) is 0.667. The van der Waals surface area contributed by atoms with Gasteiger partial charge in [0.1, 0.15) is 11.5 Å². The van der Waals surface area contributed by atoms with Crippen molar-refractivity contribution in [1.82, 2.24) is 0 Å². The van der Waals surface area contributed by atoms with E-state index in [1.165, 1.54) is 6.42 Å². The highest BCUT2D eigenvalue weighted by Gasteiger charge is 2.46. The fourth-order valence-corrected chi connectivity index (χ4v) is 4.49. The Balaban J connectivity index is 2.47. The predicted octanol–water partition coefficient (Wildman–Crippen LogP) is 4.09. The number of rotatable bonds is 3. The number of hydrogen-bond donors (Lipinski definition) is 1. The van der Waals surface area contributed by atoms with Gasteiger partial charge in [0.25, 0.3) is 0 Å². The van der Waals surface area contributed by atoms with Crippen LogP contribution in [0.15, 0.2) is 18.2 Å². The summed E-state index contributed by atoms with van der Waals surface area (Å²) < 4.78 is 10.8. The lowest BCUT2D eigenvalue weighted by atomic mass is 9.57. The summed E-state index contributed by atoms with van der Waals surface area (Å²) in [5, 5.41) is 0. The number of hydrogen-bond acceptors (Lipinski definition) is 3. The van der Waals surface area contributed by atoms with Gasteiger partial charge in [-0.1, -0.05) is 27.7 Å². The molecule has 118 valence electrons. The molecule has 1 aliphatic carbocycles. The van der Waals surface area contributed by atoms with Gasteiger partial charge in [0.15, 0.2) is 0 Å². The van der Waals surface area contributed by atoms with Gasteiger partial charge in [-0.05, 0) is 47.8 Å². The first-order valence-corrected chi connectivity index (χ1v) is 7.62. The molecule has 0 spiro atoms. The van der Waals surface area contributed by atoms with E-state index in [-0.39, 0.29) is 16.4 Å². The average Bonchev–Trinajstić information content (AvgIpc) is 2.33. The van der Waals surface area contributed by atoms with Gasteiger partial charge in [0.2, 0.25) is 0 Å². The smallest absolute Gasteiger partial charge is 0.122 e. The van der Waals surface area contributed by atoms with E-state index < -0.39 is 0 Å². The van der Waals surface area contributed by atoms with Gasteiger partial charge < -0.3 is 15.2 Å². The molecule has 21 heavy (non-hydrogen) atoms. The van der Waals surface area contributed by atoms with Crippen molar-refractivity contribution in [3.8, 4) is 11.5 Å². The van der Waals surface area contributed by atoms with Crippen molar-refractivity contribution in [3.05, 3.63) is 23.8 Å². The minimum absolute atomic E-state index is 0.229. The van der Waals surface area contributed by atoms with E-state index in [1.54, 1.807) is 14.2 Å².